The number of anilines is 1. The molecular formula is C26H28FN3O3S. The Hall–Kier alpha value is -3.23. The van der Waals surface area contributed by atoms with Crippen LogP contribution in [-0.4, -0.2) is 38.9 Å². The van der Waals surface area contributed by atoms with Gasteiger partial charge in [0.25, 0.3) is 15.9 Å². The first-order valence-corrected chi connectivity index (χ1v) is 12.8. The van der Waals surface area contributed by atoms with E-state index in [2.05, 4.69) is 27.1 Å². The first-order chi connectivity index (χ1) is 16.3. The highest BCUT2D eigenvalue weighted by atomic mass is 32.2. The normalized spacial score (nSPS) is 15.1. The van der Waals surface area contributed by atoms with Crippen molar-refractivity contribution in [3.8, 4) is 0 Å². The number of nitrogens with one attached hydrogen (secondary N) is 2. The largest absolute Gasteiger partial charge is 0.350 e. The zero-order chi connectivity index (χ0) is 24.1. The Morgan fingerprint density at radius 2 is 1.74 bits per heavy atom. The SMILES string of the molecule is Cc1ccc(S(=O)(=O)Nc2cccc(C(=O)NCC(c3ccccc3)N3CCCC3)c2)cc1F. The number of hydrogen-bond donors (Lipinski definition) is 2. The Labute approximate surface area is 199 Å². The van der Waals surface area contributed by atoms with Crippen LogP contribution >= 0.6 is 0 Å². The van der Waals surface area contributed by atoms with Gasteiger partial charge in [-0.15, -0.1) is 0 Å². The van der Waals surface area contributed by atoms with E-state index >= 15 is 0 Å². The van der Waals surface area contributed by atoms with Gasteiger partial charge >= 0.3 is 0 Å². The molecule has 6 nitrogen and oxygen atoms in total. The van der Waals surface area contributed by atoms with Gasteiger partial charge in [-0.05, 0) is 74.3 Å². The minimum absolute atomic E-state index is 0.0748. The lowest BCUT2D eigenvalue weighted by atomic mass is 10.1. The zero-order valence-electron chi connectivity index (χ0n) is 19.0. The number of carbonyl (C=O) groups is 1. The third-order valence-electron chi connectivity index (χ3n) is 6.05. The lowest BCUT2D eigenvalue weighted by Gasteiger charge is -2.28. The Morgan fingerprint density at radius 1 is 1.00 bits per heavy atom. The fraction of sp³-hybridized carbons (Fsp3) is 0.269. The molecule has 0 aliphatic carbocycles. The molecule has 0 saturated carbocycles. The van der Waals surface area contributed by atoms with Crippen LogP contribution in [0.1, 0.15) is 40.4 Å². The van der Waals surface area contributed by atoms with E-state index in [4.69, 9.17) is 0 Å². The number of sulfonamides is 1. The average Bonchev–Trinajstić information content (AvgIpc) is 3.36. The molecule has 0 spiro atoms. The lowest BCUT2D eigenvalue weighted by Crippen LogP contribution is -2.36. The van der Waals surface area contributed by atoms with Crippen molar-refractivity contribution in [2.45, 2.75) is 30.7 Å². The third-order valence-corrected chi connectivity index (χ3v) is 7.43. The van der Waals surface area contributed by atoms with E-state index in [-0.39, 0.29) is 22.5 Å². The Morgan fingerprint density at radius 3 is 2.44 bits per heavy atom. The summed E-state index contributed by atoms with van der Waals surface area (Å²) < 4.78 is 41.6. The number of benzene rings is 3. The molecule has 1 saturated heterocycles. The minimum Gasteiger partial charge on any atom is -0.350 e. The Balaban J connectivity index is 1.46. The summed E-state index contributed by atoms with van der Waals surface area (Å²) in [7, 11) is -4.00. The summed E-state index contributed by atoms with van der Waals surface area (Å²) in [6.45, 7) is 3.99. The molecule has 2 N–H and O–H groups in total. The van der Waals surface area contributed by atoms with E-state index in [1.165, 1.54) is 18.2 Å². The predicted molar refractivity (Wildman–Crippen MR) is 131 cm³/mol. The van der Waals surface area contributed by atoms with Crippen LogP contribution < -0.4 is 10.0 Å². The first-order valence-electron chi connectivity index (χ1n) is 11.3. The van der Waals surface area contributed by atoms with Crippen LogP contribution in [0.3, 0.4) is 0 Å². The van der Waals surface area contributed by atoms with Gasteiger partial charge in [0.15, 0.2) is 0 Å². The molecule has 1 fully saturated rings. The van der Waals surface area contributed by atoms with Crippen LogP contribution in [0.25, 0.3) is 0 Å². The molecule has 0 aromatic heterocycles. The highest BCUT2D eigenvalue weighted by Crippen LogP contribution is 2.25. The van der Waals surface area contributed by atoms with Crippen LogP contribution in [0.4, 0.5) is 10.1 Å². The number of aryl methyl sites for hydroxylation is 1. The van der Waals surface area contributed by atoms with Gasteiger partial charge in [0.2, 0.25) is 0 Å². The number of hydrogen-bond acceptors (Lipinski definition) is 4. The van der Waals surface area contributed by atoms with E-state index in [0.29, 0.717) is 17.7 Å². The standard InChI is InChI=1S/C26H28FN3O3S/c1-19-12-13-23(17-24(19)27)34(32,33)29-22-11-7-10-21(16-22)26(31)28-18-25(30-14-5-6-15-30)20-8-3-2-4-9-20/h2-4,7-13,16-17,25,29H,5-6,14-15,18H2,1H3,(H,28,31). The van der Waals surface area contributed by atoms with Gasteiger partial charge in [-0.2, -0.15) is 0 Å². The van der Waals surface area contributed by atoms with Crippen molar-refractivity contribution in [3.63, 3.8) is 0 Å². The second kappa shape index (κ2) is 10.4. The summed E-state index contributed by atoms with van der Waals surface area (Å²) in [5.41, 5.74) is 2.08. The maximum Gasteiger partial charge on any atom is 0.261 e. The molecular weight excluding hydrogens is 453 g/mol. The second-order valence-electron chi connectivity index (χ2n) is 8.48. The van der Waals surface area contributed by atoms with Crippen molar-refractivity contribution in [2.75, 3.05) is 24.4 Å². The second-order valence-corrected chi connectivity index (χ2v) is 10.2. The fourth-order valence-electron chi connectivity index (χ4n) is 4.16. The summed E-state index contributed by atoms with van der Waals surface area (Å²) in [6.07, 6.45) is 2.29. The van der Waals surface area contributed by atoms with E-state index in [1.54, 1.807) is 25.1 Å². The maximum absolute atomic E-state index is 13.9. The summed E-state index contributed by atoms with van der Waals surface area (Å²) >= 11 is 0. The van der Waals surface area contributed by atoms with Crippen LogP contribution in [0, 0.1) is 12.7 Å². The molecule has 1 unspecified atom stereocenters. The van der Waals surface area contributed by atoms with Gasteiger partial charge in [0.05, 0.1) is 10.9 Å². The van der Waals surface area contributed by atoms with Crippen molar-refractivity contribution < 1.29 is 17.6 Å². The monoisotopic (exact) mass is 481 g/mol. The molecule has 1 aliphatic rings. The zero-order valence-corrected chi connectivity index (χ0v) is 19.8. The number of rotatable bonds is 8. The highest BCUT2D eigenvalue weighted by molar-refractivity contribution is 7.92. The molecule has 1 atom stereocenters. The molecule has 0 radical (unpaired) electrons. The smallest absolute Gasteiger partial charge is 0.261 e. The van der Waals surface area contributed by atoms with Gasteiger partial charge in [0, 0.05) is 17.8 Å². The number of halogens is 1. The van der Waals surface area contributed by atoms with Crippen LogP contribution in [0.15, 0.2) is 77.7 Å². The van der Waals surface area contributed by atoms with Crippen LogP contribution in [-0.2, 0) is 10.0 Å². The summed E-state index contributed by atoms with van der Waals surface area (Å²) in [5, 5.41) is 3.00. The van der Waals surface area contributed by atoms with Crippen molar-refractivity contribution >= 4 is 21.6 Å². The lowest BCUT2D eigenvalue weighted by molar-refractivity contribution is 0.0938. The fourth-order valence-corrected chi connectivity index (χ4v) is 5.22. The molecule has 1 amide bonds. The first kappa shape index (κ1) is 23.9. The molecule has 178 valence electrons. The van der Waals surface area contributed by atoms with E-state index in [1.807, 2.05) is 18.2 Å². The topological polar surface area (TPSA) is 78.5 Å². The van der Waals surface area contributed by atoms with Crippen molar-refractivity contribution in [1.29, 1.82) is 0 Å². The highest BCUT2D eigenvalue weighted by Gasteiger charge is 2.24. The van der Waals surface area contributed by atoms with Gasteiger partial charge in [-0.1, -0.05) is 42.5 Å². The summed E-state index contributed by atoms with van der Waals surface area (Å²) in [4.78, 5) is 15.1. The van der Waals surface area contributed by atoms with Gasteiger partial charge in [-0.3, -0.25) is 14.4 Å². The third kappa shape index (κ3) is 5.63. The molecule has 8 heteroatoms. The number of likely N-dealkylation sites (tertiary alicyclic amines) is 1. The number of nitrogens with zero attached hydrogens (tertiary/aromatic N) is 1. The molecule has 3 aromatic rings. The molecule has 4 rings (SSSR count). The Kier molecular flexibility index (Phi) is 7.29. The molecule has 34 heavy (non-hydrogen) atoms. The molecule has 3 aromatic carbocycles. The van der Waals surface area contributed by atoms with E-state index < -0.39 is 15.8 Å². The number of amides is 1. The van der Waals surface area contributed by atoms with Gasteiger partial charge in [0.1, 0.15) is 5.82 Å². The Bertz CT molecular complexity index is 1260. The van der Waals surface area contributed by atoms with E-state index in [0.717, 1.165) is 37.6 Å². The van der Waals surface area contributed by atoms with Crippen molar-refractivity contribution in [3.05, 3.63) is 95.3 Å². The summed E-state index contributed by atoms with van der Waals surface area (Å²) in [5.74, 6) is -0.885. The molecule has 0 bridgehead atoms. The van der Waals surface area contributed by atoms with Crippen LogP contribution in [0.5, 0.6) is 0 Å². The number of carbonyl (C=O) groups excluding carboxylic acids is 1. The minimum atomic E-state index is -4.00. The van der Waals surface area contributed by atoms with Gasteiger partial charge in [-0.25, -0.2) is 12.8 Å². The average molecular weight is 482 g/mol. The maximum atomic E-state index is 13.9. The van der Waals surface area contributed by atoms with Crippen molar-refractivity contribution in [2.24, 2.45) is 0 Å². The van der Waals surface area contributed by atoms with Crippen LogP contribution in [0.2, 0.25) is 0 Å². The quantitative estimate of drug-likeness (QED) is 0.497. The van der Waals surface area contributed by atoms with Crippen molar-refractivity contribution in [1.82, 2.24) is 10.2 Å². The van der Waals surface area contributed by atoms with E-state index in [9.17, 15) is 17.6 Å². The predicted octanol–water partition coefficient (Wildman–Crippen LogP) is 4.50. The molecule has 1 heterocycles. The molecule has 1 aliphatic heterocycles. The summed E-state index contributed by atoms with van der Waals surface area (Å²) in [6, 6.07) is 20.2. The van der Waals surface area contributed by atoms with Gasteiger partial charge < -0.3 is 5.32 Å².